The first-order chi connectivity index (χ1) is 11.6. The van der Waals surface area contributed by atoms with Crippen LogP contribution in [0.5, 0.6) is 0 Å². The summed E-state index contributed by atoms with van der Waals surface area (Å²) >= 11 is 9.59. The zero-order valence-electron chi connectivity index (χ0n) is 12.5. The summed E-state index contributed by atoms with van der Waals surface area (Å²) in [5.74, 6) is 0.184. The van der Waals surface area contributed by atoms with Crippen molar-refractivity contribution in [3.05, 3.63) is 51.6 Å². The number of benzene rings is 2. The van der Waals surface area contributed by atoms with Gasteiger partial charge in [-0.3, -0.25) is 0 Å². The first-order valence-corrected chi connectivity index (χ1v) is 8.28. The van der Waals surface area contributed by atoms with Gasteiger partial charge < -0.3 is 14.7 Å². The Morgan fingerprint density at radius 2 is 2.08 bits per heavy atom. The molecule has 24 heavy (non-hydrogen) atoms. The quantitative estimate of drug-likeness (QED) is 0.466. The van der Waals surface area contributed by atoms with E-state index in [2.05, 4.69) is 30.9 Å². The molecule has 0 unspecified atom stereocenters. The summed E-state index contributed by atoms with van der Waals surface area (Å²) in [5, 5.41) is 1.47. The van der Waals surface area contributed by atoms with Gasteiger partial charge in [0.25, 0.3) is 0 Å². The van der Waals surface area contributed by atoms with Gasteiger partial charge in [0, 0.05) is 32.2 Å². The highest BCUT2D eigenvalue weighted by molar-refractivity contribution is 9.10. The Bertz CT molecular complexity index is 1100. The molecule has 4 rings (SSSR count). The lowest BCUT2D eigenvalue weighted by molar-refractivity contribution is 0.0603. The Hall–Kier alpha value is -2.31. The number of ether oxygens (including phenoxy) is 1. The third-order valence-corrected chi connectivity index (χ3v) is 4.57. The second-order valence-electron chi connectivity index (χ2n) is 5.32. The summed E-state index contributed by atoms with van der Waals surface area (Å²) in [6.45, 7) is 0. The van der Waals surface area contributed by atoms with Gasteiger partial charge in [-0.2, -0.15) is 0 Å². The topological polar surface area (TPSA) is 70.8 Å². The highest BCUT2D eigenvalue weighted by Gasteiger charge is 2.18. The number of rotatable bonds is 2. The lowest BCUT2D eigenvalue weighted by atomic mass is 10.2. The van der Waals surface area contributed by atoms with Gasteiger partial charge in [0.05, 0.1) is 18.2 Å². The first kappa shape index (κ1) is 15.2. The number of halogens is 2. The minimum atomic E-state index is -0.470. The molecule has 7 heteroatoms. The van der Waals surface area contributed by atoms with E-state index in [1.54, 1.807) is 12.1 Å². The number of nitrogens with zero attached hydrogens (tertiary/aromatic N) is 1. The number of carbonyl (C=O) groups is 1. The van der Waals surface area contributed by atoms with E-state index in [0.717, 1.165) is 20.9 Å². The molecule has 2 aromatic heterocycles. The molecule has 2 N–H and O–H groups in total. The number of carbonyl (C=O) groups excluding carboxylic acids is 1. The molecule has 0 amide bonds. The molecule has 4 aromatic rings. The van der Waals surface area contributed by atoms with Crippen LogP contribution in [-0.4, -0.2) is 28.0 Å². The average molecular weight is 405 g/mol. The molecule has 0 saturated heterocycles. The number of fused-ring (bicyclic) bond motifs is 2. The van der Waals surface area contributed by atoms with Gasteiger partial charge in [0.15, 0.2) is 0 Å². The summed E-state index contributed by atoms with van der Waals surface area (Å²) in [6, 6.07) is 9.28. The Labute approximate surface area is 150 Å². The van der Waals surface area contributed by atoms with Crippen LogP contribution in [0.15, 0.2) is 41.0 Å². The largest absolute Gasteiger partial charge is 0.465 e. The maximum absolute atomic E-state index is 12.0. The van der Waals surface area contributed by atoms with Crippen molar-refractivity contribution in [3.63, 3.8) is 0 Å². The number of esters is 1. The zero-order chi connectivity index (χ0) is 16.8. The number of hydrogen-bond acceptors (Lipinski definition) is 3. The van der Waals surface area contributed by atoms with Crippen LogP contribution in [0.2, 0.25) is 5.02 Å². The molecular formula is C17H11BrClN3O2. The van der Waals surface area contributed by atoms with E-state index < -0.39 is 5.97 Å². The standard InChI is InChI=1S/C17H11BrClN3O2/c1-24-17(23)11-5-9(19)6-14-15(11)22-16(21-14)12-7-20-13-3-2-8(18)4-10(12)13/h2-7,20H,1H3,(H,21,22). The third-order valence-electron chi connectivity index (χ3n) is 3.86. The van der Waals surface area contributed by atoms with Crippen molar-refractivity contribution in [2.24, 2.45) is 0 Å². The van der Waals surface area contributed by atoms with E-state index >= 15 is 0 Å². The highest BCUT2D eigenvalue weighted by atomic mass is 79.9. The van der Waals surface area contributed by atoms with Crippen LogP contribution < -0.4 is 0 Å². The maximum Gasteiger partial charge on any atom is 0.340 e. The normalized spacial score (nSPS) is 11.3. The van der Waals surface area contributed by atoms with Crippen LogP contribution in [0.1, 0.15) is 10.4 Å². The van der Waals surface area contributed by atoms with Crippen LogP contribution in [0.25, 0.3) is 33.3 Å². The molecule has 0 spiro atoms. The fourth-order valence-corrected chi connectivity index (χ4v) is 3.34. The van der Waals surface area contributed by atoms with Crippen molar-refractivity contribution in [1.82, 2.24) is 15.0 Å². The van der Waals surface area contributed by atoms with E-state index in [9.17, 15) is 4.79 Å². The molecule has 0 atom stereocenters. The molecule has 5 nitrogen and oxygen atoms in total. The highest BCUT2D eigenvalue weighted by Crippen LogP contribution is 2.32. The molecule has 0 aliphatic rings. The van der Waals surface area contributed by atoms with Gasteiger partial charge in [-0.1, -0.05) is 27.5 Å². The van der Waals surface area contributed by atoms with Gasteiger partial charge in [0.2, 0.25) is 0 Å². The molecule has 0 aliphatic carbocycles. The van der Waals surface area contributed by atoms with Crippen molar-refractivity contribution in [3.8, 4) is 11.4 Å². The Kier molecular flexibility index (Phi) is 3.58. The monoisotopic (exact) mass is 403 g/mol. The van der Waals surface area contributed by atoms with E-state index in [0.29, 0.717) is 27.4 Å². The van der Waals surface area contributed by atoms with E-state index in [4.69, 9.17) is 16.3 Å². The fourth-order valence-electron chi connectivity index (χ4n) is 2.76. The minimum Gasteiger partial charge on any atom is -0.465 e. The summed E-state index contributed by atoms with van der Waals surface area (Å²) in [5.41, 5.74) is 3.46. The number of aromatic amines is 2. The SMILES string of the molecule is COC(=O)c1cc(Cl)cc2[nH]c(-c3c[nH]c4ccc(Br)cc34)nc12. The molecule has 0 aliphatic heterocycles. The smallest absolute Gasteiger partial charge is 0.340 e. The Balaban J connectivity index is 1.97. The number of imidazole rings is 1. The van der Waals surface area contributed by atoms with Crippen molar-refractivity contribution >= 4 is 55.4 Å². The number of hydrogen-bond donors (Lipinski definition) is 2. The summed E-state index contributed by atoms with van der Waals surface area (Å²) in [6.07, 6.45) is 1.88. The van der Waals surface area contributed by atoms with Gasteiger partial charge in [-0.15, -0.1) is 0 Å². The lowest BCUT2D eigenvalue weighted by Crippen LogP contribution is -2.02. The van der Waals surface area contributed by atoms with Crippen molar-refractivity contribution < 1.29 is 9.53 Å². The molecule has 2 aromatic carbocycles. The number of nitrogens with one attached hydrogen (secondary N) is 2. The van der Waals surface area contributed by atoms with Crippen LogP contribution in [0, 0.1) is 0 Å². The lowest BCUT2D eigenvalue weighted by Gasteiger charge is -2.00. The van der Waals surface area contributed by atoms with E-state index in [-0.39, 0.29) is 0 Å². The summed E-state index contributed by atoms with van der Waals surface area (Å²) < 4.78 is 5.80. The zero-order valence-corrected chi connectivity index (χ0v) is 14.8. The molecule has 0 radical (unpaired) electrons. The second kappa shape index (κ2) is 5.65. The molecular weight excluding hydrogens is 394 g/mol. The van der Waals surface area contributed by atoms with Gasteiger partial charge >= 0.3 is 5.97 Å². The molecule has 0 fully saturated rings. The average Bonchev–Trinajstić information content (AvgIpc) is 3.16. The number of methoxy groups -OCH3 is 1. The maximum atomic E-state index is 12.0. The van der Waals surface area contributed by atoms with Crippen molar-refractivity contribution in [1.29, 1.82) is 0 Å². The van der Waals surface area contributed by atoms with Gasteiger partial charge in [-0.05, 0) is 30.3 Å². The van der Waals surface area contributed by atoms with Crippen LogP contribution >= 0.6 is 27.5 Å². The molecule has 0 saturated carbocycles. The fraction of sp³-hybridized carbons (Fsp3) is 0.0588. The van der Waals surface area contributed by atoms with Crippen LogP contribution in [-0.2, 0) is 4.74 Å². The van der Waals surface area contributed by atoms with Gasteiger partial charge in [0.1, 0.15) is 11.3 Å². The summed E-state index contributed by atoms with van der Waals surface area (Å²) in [4.78, 5) is 23.0. The predicted molar refractivity (Wildman–Crippen MR) is 97.4 cm³/mol. The van der Waals surface area contributed by atoms with E-state index in [1.165, 1.54) is 7.11 Å². The Morgan fingerprint density at radius 3 is 2.88 bits per heavy atom. The Morgan fingerprint density at radius 1 is 1.25 bits per heavy atom. The molecule has 2 heterocycles. The number of H-pyrrole nitrogens is 2. The van der Waals surface area contributed by atoms with Crippen molar-refractivity contribution in [2.45, 2.75) is 0 Å². The minimum absolute atomic E-state index is 0.337. The van der Waals surface area contributed by atoms with Crippen LogP contribution in [0.4, 0.5) is 0 Å². The molecule has 0 bridgehead atoms. The van der Waals surface area contributed by atoms with Crippen molar-refractivity contribution in [2.75, 3.05) is 7.11 Å². The molecule has 120 valence electrons. The third kappa shape index (κ3) is 2.39. The van der Waals surface area contributed by atoms with Gasteiger partial charge in [-0.25, -0.2) is 9.78 Å². The van der Waals surface area contributed by atoms with Crippen LogP contribution in [0.3, 0.4) is 0 Å². The predicted octanol–water partition coefficient (Wildman–Crippen LogP) is 4.91. The summed E-state index contributed by atoms with van der Waals surface area (Å²) in [7, 11) is 1.33. The van der Waals surface area contributed by atoms with E-state index in [1.807, 2.05) is 24.4 Å². The first-order valence-electron chi connectivity index (χ1n) is 7.11. The number of aromatic nitrogens is 3. The second-order valence-corrected chi connectivity index (χ2v) is 6.67.